The number of carboxylic acids is 1. The van der Waals surface area contributed by atoms with Crippen molar-refractivity contribution >= 4 is 29.4 Å². The van der Waals surface area contributed by atoms with Crippen molar-refractivity contribution in [3.05, 3.63) is 59.2 Å². The molecule has 7 aliphatic carbocycles. The number of fused-ring (bicyclic) bond motifs is 10. The van der Waals surface area contributed by atoms with E-state index in [9.17, 15) is 34.2 Å². The fourth-order valence-electron chi connectivity index (χ4n) is 12.9. The van der Waals surface area contributed by atoms with Gasteiger partial charge in [0.15, 0.2) is 23.5 Å². The Kier molecular flexibility index (Phi) is 10.2. The first-order valence-corrected chi connectivity index (χ1v) is 20.8. The molecule has 10 atom stereocenters. The van der Waals surface area contributed by atoms with Crippen molar-refractivity contribution in [3.8, 4) is 0 Å². The Bertz CT molecular complexity index is 1870. The van der Waals surface area contributed by atoms with Crippen molar-refractivity contribution in [2.45, 2.75) is 133 Å². The van der Waals surface area contributed by atoms with Crippen molar-refractivity contribution in [1.82, 2.24) is 10.6 Å². The lowest BCUT2D eigenvalue weighted by molar-refractivity contribution is -0.201. The van der Waals surface area contributed by atoms with E-state index < -0.39 is 65.2 Å². The second kappa shape index (κ2) is 14.5. The van der Waals surface area contributed by atoms with E-state index in [1.54, 1.807) is 12.2 Å². The molecule has 0 unspecified atom stereocenters. The van der Waals surface area contributed by atoms with E-state index in [2.05, 4.69) is 29.7 Å². The molecule has 6 saturated carbocycles. The molecule has 1 heterocycles. The monoisotopic (exact) mass is 787 g/mol. The van der Waals surface area contributed by atoms with E-state index in [4.69, 9.17) is 20.3 Å². The number of aliphatic hydroxyl groups excluding tert-OH is 2. The van der Waals surface area contributed by atoms with Crippen molar-refractivity contribution in [3.63, 3.8) is 0 Å². The molecule has 1 aromatic rings. The quantitative estimate of drug-likeness (QED) is 0.181. The lowest BCUT2D eigenvalue weighted by Gasteiger charge is -2.59. The molecule has 1 saturated heterocycles. The number of carbonyl (C=O) groups is 5. The third-order valence-electron chi connectivity index (χ3n) is 15.9. The van der Waals surface area contributed by atoms with Crippen LogP contribution in [0.1, 0.15) is 108 Å². The van der Waals surface area contributed by atoms with E-state index in [-0.39, 0.29) is 59.8 Å². The number of nitrogens with two attached hydrogens (primary N) is 1. The number of ether oxygens (including phenoxy) is 2. The molecule has 13 heteroatoms. The van der Waals surface area contributed by atoms with Crippen molar-refractivity contribution < 1.29 is 48.8 Å². The van der Waals surface area contributed by atoms with Gasteiger partial charge in [0.2, 0.25) is 11.8 Å². The molecule has 7 fully saturated rings. The van der Waals surface area contributed by atoms with Crippen LogP contribution in [0.4, 0.5) is 0 Å². The van der Waals surface area contributed by atoms with E-state index in [1.165, 1.54) is 5.56 Å². The number of aliphatic hydroxyl groups is 2. The summed E-state index contributed by atoms with van der Waals surface area (Å²) >= 11 is 0. The minimum absolute atomic E-state index is 0.00976. The molecule has 7 N–H and O–H groups in total. The Labute approximate surface area is 333 Å². The molecule has 0 aromatic heterocycles. The number of amides is 2. The SMILES string of the molecule is C[C@]12C=CC(=O)C=C1CC[C@@H]1[C@@H]2[C@@H](O)C[C@@]2(C)[C@H]1C[C@H]1O[C@@H](c3ccc(CC45CCC(NC(=O)[C@H](CCC(=O)O)NC(=O)CN)(CC4)CC5)cc3)O[C@]12C(=O)CO. The third kappa shape index (κ3) is 6.52. The van der Waals surface area contributed by atoms with Crippen LogP contribution in [0.2, 0.25) is 0 Å². The van der Waals surface area contributed by atoms with Gasteiger partial charge < -0.3 is 41.2 Å². The number of nitrogens with one attached hydrogen (secondary N) is 2. The highest BCUT2D eigenvalue weighted by atomic mass is 16.7. The number of hydrogen-bond acceptors (Lipinski definition) is 10. The Morgan fingerprint density at radius 3 is 2.39 bits per heavy atom. The number of ketones is 2. The number of carbonyl (C=O) groups excluding carboxylic acids is 4. The molecule has 9 rings (SSSR count). The van der Waals surface area contributed by atoms with Gasteiger partial charge in [-0.05, 0) is 112 Å². The highest BCUT2D eigenvalue weighted by Crippen LogP contribution is 2.70. The Balaban J connectivity index is 0.932. The molecule has 308 valence electrons. The maximum absolute atomic E-state index is 14.0. The van der Waals surface area contributed by atoms with Crippen molar-refractivity contribution in [2.24, 2.45) is 39.7 Å². The van der Waals surface area contributed by atoms with E-state index >= 15 is 0 Å². The standard InChI is InChI=1S/C44H57N3O10/c1-40-12-11-28(49)19-27(40)7-8-29-30-20-34-44(33(51)24-48,41(30,2)22-32(50)37(29)40)57-39(56-34)26-5-3-25(4-6-26)21-42-13-16-43(17-14-42,18-15-42)47-38(55)31(9-10-36(53)54)46-35(52)23-45/h3-6,11-12,19,29-32,34,37,39,48,50H,7-10,13-18,20-24,45H2,1-2H3,(H,46,52)(H,47,55)(H,53,54)/t29-,30-,31-,32-,34+,37+,39+,40-,41-,42?,43?,44+/m0/s1. The topological polar surface area (TPSA) is 215 Å². The average Bonchev–Trinajstić information content (AvgIpc) is 3.69. The van der Waals surface area contributed by atoms with Crippen LogP contribution in [0.3, 0.4) is 0 Å². The van der Waals surface area contributed by atoms with Crippen molar-refractivity contribution in [1.29, 1.82) is 0 Å². The van der Waals surface area contributed by atoms with Gasteiger partial charge in [0, 0.05) is 34.3 Å². The van der Waals surface area contributed by atoms with Crippen LogP contribution in [0.25, 0.3) is 0 Å². The summed E-state index contributed by atoms with van der Waals surface area (Å²) in [6, 6.07) is 7.22. The normalized spacial score (nSPS) is 40.6. The van der Waals surface area contributed by atoms with Gasteiger partial charge in [-0.1, -0.05) is 49.8 Å². The number of hydrogen-bond donors (Lipinski definition) is 6. The maximum atomic E-state index is 14.0. The van der Waals surface area contributed by atoms with E-state index in [0.29, 0.717) is 12.8 Å². The average molecular weight is 788 g/mol. The summed E-state index contributed by atoms with van der Waals surface area (Å²) in [6.45, 7) is 3.19. The minimum Gasteiger partial charge on any atom is -0.481 e. The zero-order valence-electron chi connectivity index (χ0n) is 33.0. The van der Waals surface area contributed by atoms with Crippen LogP contribution in [0, 0.1) is 34.0 Å². The lowest BCUT2D eigenvalue weighted by atomic mass is 9.46. The Hall–Kier alpha value is -3.75. The van der Waals surface area contributed by atoms with Crippen molar-refractivity contribution in [2.75, 3.05) is 13.2 Å². The first-order valence-electron chi connectivity index (χ1n) is 20.8. The fourth-order valence-corrected chi connectivity index (χ4v) is 12.9. The lowest BCUT2D eigenvalue weighted by Crippen LogP contribution is -2.63. The summed E-state index contributed by atoms with van der Waals surface area (Å²) in [5.41, 5.74) is 5.53. The molecule has 1 aromatic carbocycles. The predicted molar refractivity (Wildman–Crippen MR) is 206 cm³/mol. The first-order chi connectivity index (χ1) is 27.1. The molecule has 1 aliphatic heterocycles. The molecule has 0 spiro atoms. The van der Waals surface area contributed by atoms with E-state index in [1.807, 2.05) is 25.1 Å². The Morgan fingerprint density at radius 1 is 1.04 bits per heavy atom. The maximum Gasteiger partial charge on any atom is 0.303 e. The second-order valence-electron chi connectivity index (χ2n) is 18.8. The van der Waals surface area contributed by atoms with Gasteiger partial charge >= 0.3 is 5.97 Å². The van der Waals surface area contributed by atoms with Gasteiger partial charge in [0.05, 0.1) is 18.8 Å². The summed E-state index contributed by atoms with van der Waals surface area (Å²) < 4.78 is 13.5. The van der Waals surface area contributed by atoms with Gasteiger partial charge in [0.1, 0.15) is 12.6 Å². The predicted octanol–water partition coefficient (Wildman–Crippen LogP) is 3.35. The van der Waals surface area contributed by atoms with Crippen LogP contribution < -0.4 is 16.4 Å². The smallest absolute Gasteiger partial charge is 0.303 e. The van der Waals surface area contributed by atoms with E-state index in [0.717, 1.165) is 68.9 Å². The number of benzene rings is 1. The fraction of sp³-hybridized carbons (Fsp3) is 0.659. The van der Waals surface area contributed by atoms with Gasteiger partial charge in [0.25, 0.3) is 0 Å². The summed E-state index contributed by atoms with van der Waals surface area (Å²) in [6.07, 6.45) is 11.4. The molecule has 13 nitrogen and oxygen atoms in total. The summed E-state index contributed by atoms with van der Waals surface area (Å²) in [4.78, 5) is 62.7. The van der Waals surface area contributed by atoms with Gasteiger partial charge in [-0.15, -0.1) is 0 Å². The minimum atomic E-state index is -1.41. The number of aliphatic carboxylic acids is 1. The zero-order chi connectivity index (χ0) is 40.5. The van der Waals surface area contributed by atoms with Gasteiger partial charge in [-0.3, -0.25) is 24.0 Å². The van der Waals surface area contributed by atoms with Crippen LogP contribution in [0.5, 0.6) is 0 Å². The summed E-state index contributed by atoms with van der Waals surface area (Å²) in [5.74, 6) is -2.34. The van der Waals surface area contributed by atoms with Crippen LogP contribution in [0.15, 0.2) is 48.1 Å². The molecule has 57 heavy (non-hydrogen) atoms. The Morgan fingerprint density at radius 2 is 1.74 bits per heavy atom. The highest BCUT2D eigenvalue weighted by Gasteiger charge is 2.76. The largest absolute Gasteiger partial charge is 0.481 e. The zero-order valence-corrected chi connectivity index (χ0v) is 33.0. The third-order valence-corrected chi connectivity index (χ3v) is 15.9. The molecule has 2 amide bonds. The first kappa shape index (κ1) is 40.0. The van der Waals surface area contributed by atoms with Crippen LogP contribution >= 0.6 is 0 Å². The number of allylic oxidation sites excluding steroid dienone is 4. The van der Waals surface area contributed by atoms with Gasteiger partial charge in [-0.2, -0.15) is 0 Å². The van der Waals surface area contributed by atoms with Crippen LogP contribution in [-0.2, 0) is 39.9 Å². The second-order valence-corrected chi connectivity index (χ2v) is 18.8. The number of Topliss-reactive ketones (excluding diaryl/α,β-unsaturated/α-hetero) is 1. The number of carboxylic acid groups (broad SMARTS) is 1. The summed E-state index contributed by atoms with van der Waals surface area (Å²) in [5, 5.41) is 37.2. The molecular weight excluding hydrogens is 730 g/mol. The van der Waals surface area contributed by atoms with Gasteiger partial charge in [-0.25, -0.2) is 0 Å². The highest BCUT2D eigenvalue weighted by molar-refractivity contribution is 6.01. The molecule has 0 radical (unpaired) electrons. The molecular formula is C44H57N3O10. The van der Waals surface area contributed by atoms with Crippen LogP contribution in [-0.4, -0.2) is 87.2 Å². The summed E-state index contributed by atoms with van der Waals surface area (Å²) in [7, 11) is 0. The number of rotatable bonds is 12. The molecule has 2 bridgehead atoms. The molecule has 8 aliphatic rings.